The first-order chi connectivity index (χ1) is 12.9. The lowest BCUT2D eigenvalue weighted by atomic mass is 9.78. The van der Waals surface area contributed by atoms with Crippen LogP contribution in [0, 0.1) is 5.41 Å². The minimum Gasteiger partial charge on any atom is -0.384 e. The molecule has 1 aromatic carbocycles. The number of methoxy groups -OCH3 is 1. The molecule has 152 valence electrons. The fourth-order valence-corrected chi connectivity index (χ4v) is 4.94. The van der Waals surface area contributed by atoms with Gasteiger partial charge in [-0.15, -0.1) is 0 Å². The molecule has 0 saturated carbocycles. The quantitative estimate of drug-likeness (QED) is 0.657. The average Bonchev–Trinajstić information content (AvgIpc) is 2.68. The van der Waals surface area contributed by atoms with Crippen LogP contribution >= 0.6 is 0 Å². The predicted molar refractivity (Wildman–Crippen MR) is 105 cm³/mol. The fraction of sp³-hybridized carbons (Fsp3) is 0.632. The van der Waals surface area contributed by atoms with Crippen molar-refractivity contribution in [1.82, 2.24) is 14.9 Å². The summed E-state index contributed by atoms with van der Waals surface area (Å²) in [4.78, 5) is 13.0. The lowest BCUT2D eigenvalue weighted by Gasteiger charge is -2.35. The Kier molecular flexibility index (Phi) is 7.79. The van der Waals surface area contributed by atoms with Crippen molar-refractivity contribution in [1.29, 1.82) is 0 Å². The van der Waals surface area contributed by atoms with Crippen LogP contribution in [0.1, 0.15) is 32.3 Å². The number of carbonyl (C=O) groups excluding carboxylic acids is 1. The fourth-order valence-electron chi connectivity index (χ4n) is 3.48. The van der Waals surface area contributed by atoms with E-state index in [4.69, 9.17) is 4.74 Å². The van der Waals surface area contributed by atoms with E-state index in [0.29, 0.717) is 26.2 Å². The van der Waals surface area contributed by atoms with Gasteiger partial charge in [-0.25, -0.2) is 8.42 Å². The van der Waals surface area contributed by atoms with Crippen molar-refractivity contribution in [3.63, 3.8) is 0 Å². The van der Waals surface area contributed by atoms with Crippen LogP contribution in [0.4, 0.5) is 0 Å². The van der Waals surface area contributed by atoms with Gasteiger partial charge in [0.25, 0.3) is 0 Å². The molecule has 2 rings (SSSR count). The van der Waals surface area contributed by atoms with Crippen molar-refractivity contribution < 1.29 is 17.9 Å². The molecule has 1 heterocycles. The molecule has 1 fully saturated rings. The number of rotatable bonds is 9. The smallest absolute Gasteiger partial charge is 0.243 e. The third-order valence-electron chi connectivity index (χ3n) is 5.18. The number of piperidine rings is 1. The second-order valence-electron chi connectivity index (χ2n) is 6.88. The minimum atomic E-state index is -3.46. The van der Waals surface area contributed by atoms with Gasteiger partial charge in [0.05, 0.1) is 16.9 Å². The SMILES string of the molecule is CCN(CC)S(=O)(=O)c1ccc(CNC(=O)C2(COC)CCNCC2)cc1. The summed E-state index contributed by atoms with van der Waals surface area (Å²) < 4.78 is 31.8. The van der Waals surface area contributed by atoms with Gasteiger partial charge < -0.3 is 15.4 Å². The molecule has 0 aromatic heterocycles. The van der Waals surface area contributed by atoms with Gasteiger partial charge in [-0.2, -0.15) is 4.31 Å². The van der Waals surface area contributed by atoms with Crippen LogP contribution in [0.5, 0.6) is 0 Å². The highest BCUT2D eigenvalue weighted by molar-refractivity contribution is 7.89. The molecule has 1 aliphatic rings. The summed E-state index contributed by atoms with van der Waals surface area (Å²) in [6.45, 7) is 6.89. The van der Waals surface area contributed by atoms with Gasteiger partial charge in [-0.05, 0) is 43.6 Å². The average molecular weight is 398 g/mol. The van der Waals surface area contributed by atoms with E-state index in [1.165, 1.54) is 4.31 Å². The van der Waals surface area contributed by atoms with Crippen molar-refractivity contribution in [2.45, 2.75) is 38.1 Å². The van der Waals surface area contributed by atoms with Gasteiger partial charge in [0.1, 0.15) is 0 Å². The first-order valence-electron chi connectivity index (χ1n) is 9.46. The lowest BCUT2D eigenvalue weighted by molar-refractivity contribution is -0.136. The van der Waals surface area contributed by atoms with Gasteiger partial charge >= 0.3 is 0 Å². The standard InChI is InChI=1S/C19H31N3O4S/c1-4-22(5-2)27(24,25)17-8-6-16(7-9-17)14-21-18(23)19(15-26-3)10-12-20-13-11-19/h6-9,20H,4-5,10-15H2,1-3H3,(H,21,23). The highest BCUT2D eigenvalue weighted by atomic mass is 32.2. The first kappa shape index (κ1) is 21.8. The summed E-state index contributed by atoms with van der Waals surface area (Å²) in [5.41, 5.74) is 0.370. The zero-order valence-electron chi connectivity index (χ0n) is 16.5. The Morgan fingerprint density at radius 1 is 1.19 bits per heavy atom. The Bertz CT molecular complexity index is 703. The van der Waals surface area contributed by atoms with Crippen molar-refractivity contribution in [3.8, 4) is 0 Å². The summed E-state index contributed by atoms with van der Waals surface area (Å²) in [5.74, 6) is -0.00862. The van der Waals surface area contributed by atoms with Crippen LogP contribution < -0.4 is 10.6 Å². The topological polar surface area (TPSA) is 87.7 Å². The number of benzene rings is 1. The first-order valence-corrected chi connectivity index (χ1v) is 10.9. The molecular formula is C19H31N3O4S. The Morgan fingerprint density at radius 2 is 1.78 bits per heavy atom. The zero-order chi connectivity index (χ0) is 19.9. The van der Waals surface area contributed by atoms with Gasteiger partial charge in [0, 0.05) is 26.7 Å². The second kappa shape index (κ2) is 9.64. The molecule has 0 spiro atoms. The molecule has 7 nitrogen and oxygen atoms in total. The Morgan fingerprint density at radius 3 is 2.30 bits per heavy atom. The van der Waals surface area contributed by atoms with E-state index in [1.54, 1.807) is 31.4 Å². The van der Waals surface area contributed by atoms with Crippen LogP contribution in [0.3, 0.4) is 0 Å². The monoisotopic (exact) mass is 397 g/mol. The molecule has 0 bridgehead atoms. The summed E-state index contributed by atoms with van der Waals surface area (Å²) >= 11 is 0. The van der Waals surface area contributed by atoms with E-state index in [0.717, 1.165) is 31.5 Å². The molecule has 0 radical (unpaired) electrons. The molecular weight excluding hydrogens is 366 g/mol. The zero-order valence-corrected chi connectivity index (χ0v) is 17.3. The summed E-state index contributed by atoms with van der Waals surface area (Å²) in [6, 6.07) is 6.71. The third kappa shape index (κ3) is 5.07. The highest BCUT2D eigenvalue weighted by Gasteiger charge is 2.39. The molecule has 1 aromatic rings. The molecule has 0 unspecified atom stereocenters. The number of hydrogen-bond acceptors (Lipinski definition) is 5. The van der Waals surface area contributed by atoms with Crippen molar-refractivity contribution in [2.75, 3.05) is 39.9 Å². The number of nitrogens with zero attached hydrogens (tertiary/aromatic N) is 1. The van der Waals surface area contributed by atoms with Crippen molar-refractivity contribution in [2.24, 2.45) is 5.41 Å². The number of hydrogen-bond donors (Lipinski definition) is 2. The molecule has 1 aliphatic heterocycles. The molecule has 1 saturated heterocycles. The van der Waals surface area contributed by atoms with Crippen LogP contribution in [0.2, 0.25) is 0 Å². The van der Waals surface area contributed by atoms with E-state index in [2.05, 4.69) is 10.6 Å². The van der Waals surface area contributed by atoms with E-state index >= 15 is 0 Å². The molecule has 0 atom stereocenters. The van der Waals surface area contributed by atoms with E-state index in [1.807, 2.05) is 13.8 Å². The van der Waals surface area contributed by atoms with Gasteiger partial charge in [-0.3, -0.25) is 4.79 Å². The highest BCUT2D eigenvalue weighted by Crippen LogP contribution is 2.29. The molecule has 8 heteroatoms. The maximum absolute atomic E-state index is 12.8. The molecule has 0 aliphatic carbocycles. The van der Waals surface area contributed by atoms with Gasteiger partial charge in [-0.1, -0.05) is 26.0 Å². The van der Waals surface area contributed by atoms with E-state index in [-0.39, 0.29) is 10.8 Å². The molecule has 1 amide bonds. The largest absolute Gasteiger partial charge is 0.384 e. The van der Waals surface area contributed by atoms with Crippen LogP contribution in [-0.4, -0.2) is 58.5 Å². The number of nitrogens with one attached hydrogen (secondary N) is 2. The summed E-state index contributed by atoms with van der Waals surface area (Å²) in [7, 11) is -1.84. The Hall–Kier alpha value is -1.48. The number of amides is 1. The third-order valence-corrected chi connectivity index (χ3v) is 7.25. The van der Waals surface area contributed by atoms with Crippen molar-refractivity contribution >= 4 is 15.9 Å². The van der Waals surface area contributed by atoms with E-state index in [9.17, 15) is 13.2 Å². The van der Waals surface area contributed by atoms with Crippen LogP contribution in [-0.2, 0) is 26.1 Å². The summed E-state index contributed by atoms with van der Waals surface area (Å²) in [5, 5.41) is 6.26. The lowest BCUT2D eigenvalue weighted by Crippen LogP contribution is -2.49. The van der Waals surface area contributed by atoms with Crippen LogP contribution in [0.25, 0.3) is 0 Å². The normalized spacial score (nSPS) is 17.0. The summed E-state index contributed by atoms with van der Waals surface area (Å²) in [6.07, 6.45) is 1.49. The number of carbonyl (C=O) groups is 1. The maximum atomic E-state index is 12.8. The second-order valence-corrected chi connectivity index (χ2v) is 8.82. The van der Waals surface area contributed by atoms with Crippen molar-refractivity contribution in [3.05, 3.63) is 29.8 Å². The molecule has 27 heavy (non-hydrogen) atoms. The minimum absolute atomic E-state index is 0.00862. The van der Waals surface area contributed by atoms with Crippen LogP contribution in [0.15, 0.2) is 29.2 Å². The van der Waals surface area contributed by atoms with Gasteiger partial charge in [0.2, 0.25) is 15.9 Å². The van der Waals surface area contributed by atoms with E-state index < -0.39 is 15.4 Å². The number of sulfonamides is 1. The maximum Gasteiger partial charge on any atom is 0.243 e. The Labute approximate surface area is 162 Å². The Balaban J connectivity index is 2.03. The number of ether oxygens (including phenoxy) is 1. The predicted octanol–water partition coefficient (Wildman–Crippen LogP) is 1.35. The molecule has 2 N–H and O–H groups in total. The van der Waals surface area contributed by atoms with Gasteiger partial charge in [0.15, 0.2) is 0 Å².